The zero-order valence-corrected chi connectivity index (χ0v) is 25.5. The molecule has 5 rings (SSSR count). The number of anilines is 1. The molecule has 0 radical (unpaired) electrons. The van der Waals surface area contributed by atoms with Gasteiger partial charge in [0.1, 0.15) is 28.5 Å². The number of halogens is 1. The van der Waals surface area contributed by atoms with Gasteiger partial charge in [-0.05, 0) is 36.1 Å². The van der Waals surface area contributed by atoms with Crippen LogP contribution in [0.2, 0.25) is 5.15 Å². The summed E-state index contributed by atoms with van der Waals surface area (Å²) >= 11 is 6.41. The van der Waals surface area contributed by atoms with Gasteiger partial charge in [0, 0.05) is 50.5 Å². The first kappa shape index (κ1) is 31.0. The molecule has 0 saturated heterocycles. The summed E-state index contributed by atoms with van der Waals surface area (Å²) in [5.41, 5.74) is 3.76. The van der Waals surface area contributed by atoms with Crippen molar-refractivity contribution in [2.24, 2.45) is 0 Å². The highest BCUT2D eigenvalue weighted by Gasteiger charge is 2.34. The summed E-state index contributed by atoms with van der Waals surface area (Å²) in [5.74, 6) is 1.36. The van der Waals surface area contributed by atoms with E-state index in [1.165, 1.54) is 30.1 Å². The lowest BCUT2D eigenvalue weighted by Crippen LogP contribution is -2.52. The van der Waals surface area contributed by atoms with E-state index in [9.17, 15) is 14.9 Å². The van der Waals surface area contributed by atoms with Crippen LogP contribution in [0.5, 0.6) is 11.5 Å². The van der Waals surface area contributed by atoms with E-state index >= 15 is 0 Å². The number of amides is 1. The predicted octanol–water partition coefficient (Wildman–Crippen LogP) is 5.10. The van der Waals surface area contributed by atoms with Crippen LogP contribution in [0.25, 0.3) is 11.2 Å². The molecule has 13 nitrogen and oxygen atoms in total. The Labute approximate surface area is 258 Å². The minimum Gasteiger partial charge on any atom is -0.497 e. The van der Waals surface area contributed by atoms with Crippen LogP contribution in [0.3, 0.4) is 0 Å². The summed E-state index contributed by atoms with van der Waals surface area (Å²) in [6.45, 7) is 0.885. The normalized spacial score (nSPS) is 15.9. The number of pyridine rings is 1. The number of methoxy groups -OCH3 is 3. The second-order valence-corrected chi connectivity index (χ2v) is 10.9. The van der Waals surface area contributed by atoms with Crippen LogP contribution in [0, 0.1) is 10.1 Å². The lowest BCUT2D eigenvalue weighted by Gasteiger charge is -2.36. The molecule has 2 atom stereocenters. The average molecular weight is 625 g/mol. The fourth-order valence-electron chi connectivity index (χ4n) is 5.15. The van der Waals surface area contributed by atoms with Gasteiger partial charge < -0.3 is 29.2 Å². The van der Waals surface area contributed by atoms with Gasteiger partial charge in [-0.2, -0.15) is 0 Å². The van der Waals surface area contributed by atoms with E-state index in [-0.39, 0.29) is 36.2 Å². The number of nitro groups is 1. The molecule has 4 aromatic rings. The van der Waals surface area contributed by atoms with Crippen molar-refractivity contribution in [3.63, 3.8) is 0 Å². The Balaban J connectivity index is 1.28. The fraction of sp³-hybridized carbons (Fsp3) is 0.367. The number of imidazole rings is 1. The first-order valence-corrected chi connectivity index (χ1v) is 14.2. The number of carbonyl (C=O) groups is 1. The Morgan fingerprint density at radius 1 is 1.11 bits per heavy atom. The molecule has 1 N–H and O–H groups in total. The molecule has 0 bridgehead atoms. The zero-order chi connectivity index (χ0) is 31.4. The lowest BCUT2D eigenvalue weighted by atomic mass is 9.89. The second-order valence-electron chi connectivity index (χ2n) is 10.5. The molecule has 2 aromatic carbocycles. The van der Waals surface area contributed by atoms with E-state index in [2.05, 4.69) is 15.3 Å². The van der Waals surface area contributed by atoms with Crippen molar-refractivity contribution in [2.75, 3.05) is 33.3 Å². The van der Waals surface area contributed by atoms with Gasteiger partial charge in [-0.3, -0.25) is 10.1 Å². The van der Waals surface area contributed by atoms with Crippen LogP contribution >= 0.6 is 11.6 Å². The Bertz CT molecular complexity index is 1680. The number of aromatic nitrogens is 3. The van der Waals surface area contributed by atoms with Gasteiger partial charge in [0.2, 0.25) is 0 Å². The number of nitrogens with one attached hydrogen (secondary N) is 1. The van der Waals surface area contributed by atoms with Crippen molar-refractivity contribution in [1.82, 2.24) is 19.9 Å². The van der Waals surface area contributed by atoms with E-state index in [0.717, 1.165) is 18.4 Å². The van der Waals surface area contributed by atoms with Crippen LogP contribution in [0.15, 0.2) is 48.8 Å². The summed E-state index contributed by atoms with van der Waals surface area (Å²) < 4.78 is 23.4. The smallest absolute Gasteiger partial charge is 0.328 e. The number of rotatable bonds is 12. The molecule has 1 aliphatic rings. The highest BCUT2D eigenvalue weighted by atomic mass is 35.5. The number of carbonyl (C=O) groups excluding carboxylic acids is 1. The Hall–Kier alpha value is -4.46. The van der Waals surface area contributed by atoms with E-state index < -0.39 is 11.0 Å². The number of benzene rings is 2. The van der Waals surface area contributed by atoms with Crippen LogP contribution in [0.4, 0.5) is 16.2 Å². The van der Waals surface area contributed by atoms with Gasteiger partial charge in [-0.25, -0.2) is 19.3 Å². The van der Waals surface area contributed by atoms with Gasteiger partial charge in [0.25, 0.3) is 5.69 Å². The number of hydrogen-bond acceptors (Lipinski definition) is 10. The Morgan fingerprint density at radius 2 is 1.89 bits per heavy atom. The number of ether oxygens (including phenoxy) is 4. The summed E-state index contributed by atoms with van der Waals surface area (Å²) in [5, 5.41) is 14.6. The molecule has 0 aliphatic heterocycles. The lowest BCUT2D eigenvalue weighted by molar-refractivity contribution is -0.385. The van der Waals surface area contributed by atoms with Crippen molar-refractivity contribution in [3.8, 4) is 11.5 Å². The topological polar surface area (TPSA) is 143 Å². The summed E-state index contributed by atoms with van der Waals surface area (Å²) in [7, 11) is 6.62. The molecule has 1 amide bonds. The molecule has 1 saturated carbocycles. The molecule has 0 unspecified atom stereocenters. The van der Waals surface area contributed by atoms with E-state index in [0.29, 0.717) is 46.0 Å². The van der Waals surface area contributed by atoms with E-state index in [4.69, 9.17) is 30.5 Å². The molecule has 2 aromatic heterocycles. The summed E-state index contributed by atoms with van der Waals surface area (Å²) in [6.07, 6.45) is 2.63. The van der Waals surface area contributed by atoms with Gasteiger partial charge in [-0.15, -0.1) is 0 Å². The van der Waals surface area contributed by atoms with Crippen molar-refractivity contribution >= 4 is 40.2 Å². The third-order valence-electron chi connectivity index (χ3n) is 7.53. The van der Waals surface area contributed by atoms with Crippen LogP contribution in [-0.2, 0) is 29.2 Å². The van der Waals surface area contributed by atoms with E-state index in [1.54, 1.807) is 20.3 Å². The number of hydrogen-bond donors (Lipinski definition) is 1. The standard InChI is InChI=1S/C30H33ClN6O7/c1-35(14-20-5-6-22(42-3)12-26(20)43-4)24-13-27(31)34-29-28(24)32-17-36(29)30(38)33-23-7-8-25(23)44-16-19-9-18(15-41-2)10-21(11-19)37(39)40/h5-6,9-13,17,23,25H,7-8,14-16H2,1-4H3,(H,33,38)/t23-,25-/m1/s1. The van der Waals surface area contributed by atoms with Gasteiger partial charge in [0.05, 0.1) is 50.2 Å². The van der Waals surface area contributed by atoms with Gasteiger partial charge in [-0.1, -0.05) is 17.7 Å². The van der Waals surface area contributed by atoms with Crippen molar-refractivity contribution in [1.29, 1.82) is 0 Å². The minimum absolute atomic E-state index is 0.0251. The summed E-state index contributed by atoms with van der Waals surface area (Å²) in [4.78, 5) is 35.1. The van der Waals surface area contributed by atoms with Crippen molar-refractivity contribution < 1.29 is 28.7 Å². The fourth-order valence-corrected chi connectivity index (χ4v) is 5.34. The third-order valence-corrected chi connectivity index (χ3v) is 7.72. The minimum atomic E-state index is -0.441. The SMILES string of the molecule is COCc1cc(CO[C@@H]2CC[C@H]2NC(=O)n2cnc3c(N(C)Cc4ccc(OC)cc4OC)cc(Cl)nc32)cc([N+](=O)[O-])c1. The first-order chi connectivity index (χ1) is 21.2. The maximum Gasteiger partial charge on any atom is 0.328 e. The third kappa shape index (κ3) is 6.69. The molecule has 14 heteroatoms. The molecule has 1 fully saturated rings. The molecule has 0 spiro atoms. The molecule has 44 heavy (non-hydrogen) atoms. The average Bonchev–Trinajstić information content (AvgIpc) is 3.42. The quantitative estimate of drug-likeness (QED) is 0.128. The largest absolute Gasteiger partial charge is 0.497 e. The van der Waals surface area contributed by atoms with Crippen LogP contribution < -0.4 is 19.7 Å². The maximum absolute atomic E-state index is 13.3. The molecular formula is C30H33ClN6O7. The van der Waals surface area contributed by atoms with Crippen LogP contribution in [-0.4, -0.2) is 66.0 Å². The number of nitro benzene ring substituents is 1. The second kappa shape index (κ2) is 13.5. The highest BCUT2D eigenvalue weighted by Crippen LogP contribution is 2.32. The Morgan fingerprint density at radius 3 is 2.55 bits per heavy atom. The molecule has 232 valence electrons. The Kier molecular flexibility index (Phi) is 9.47. The van der Waals surface area contributed by atoms with Crippen molar-refractivity contribution in [2.45, 2.75) is 44.7 Å². The molecular weight excluding hydrogens is 592 g/mol. The number of fused-ring (bicyclic) bond motifs is 1. The van der Waals surface area contributed by atoms with Crippen molar-refractivity contribution in [3.05, 3.63) is 80.7 Å². The number of nitrogens with zero attached hydrogens (tertiary/aromatic N) is 5. The molecule has 2 heterocycles. The molecule has 1 aliphatic carbocycles. The summed E-state index contributed by atoms with van der Waals surface area (Å²) in [6, 6.07) is 11.4. The monoisotopic (exact) mass is 624 g/mol. The highest BCUT2D eigenvalue weighted by molar-refractivity contribution is 6.30. The first-order valence-electron chi connectivity index (χ1n) is 13.8. The van der Waals surface area contributed by atoms with Crippen LogP contribution in [0.1, 0.15) is 29.5 Å². The van der Waals surface area contributed by atoms with E-state index in [1.807, 2.05) is 36.2 Å². The zero-order valence-electron chi connectivity index (χ0n) is 24.8. The number of non-ortho nitro benzene ring substituents is 1. The van der Waals surface area contributed by atoms with Gasteiger partial charge in [0.15, 0.2) is 5.65 Å². The van der Waals surface area contributed by atoms with Gasteiger partial charge >= 0.3 is 6.03 Å². The predicted molar refractivity (Wildman–Crippen MR) is 164 cm³/mol. The maximum atomic E-state index is 13.3.